The zero-order chi connectivity index (χ0) is 9.78. The fraction of sp³-hybridized carbons (Fsp3) is 1.00. The Balaban J connectivity index is 3.78. The predicted octanol–water partition coefficient (Wildman–Crippen LogP) is 0.791. The van der Waals surface area contributed by atoms with Crippen LogP contribution in [-0.4, -0.2) is 36.1 Å². The standard InChI is InChI=1S/C9H20O3/c1-9(2,3)5-7(10)8(11)6-12-4/h7-8,10-11H,5-6H2,1-4H3/t7-,8-/m1/s1. The van der Waals surface area contributed by atoms with Gasteiger partial charge in [0.05, 0.1) is 12.7 Å². The highest BCUT2D eigenvalue weighted by Crippen LogP contribution is 2.22. The summed E-state index contributed by atoms with van der Waals surface area (Å²) in [5.74, 6) is 0. The van der Waals surface area contributed by atoms with Crippen LogP contribution < -0.4 is 0 Å². The minimum absolute atomic E-state index is 0.0359. The number of aliphatic hydroxyl groups is 2. The molecule has 0 spiro atoms. The van der Waals surface area contributed by atoms with Crippen molar-refractivity contribution < 1.29 is 14.9 Å². The summed E-state index contributed by atoms with van der Waals surface area (Å²) in [5.41, 5.74) is 0.0359. The predicted molar refractivity (Wildman–Crippen MR) is 48.0 cm³/mol. The van der Waals surface area contributed by atoms with Gasteiger partial charge in [0, 0.05) is 7.11 Å². The average Bonchev–Trinajstić information content (AvgIpc) is 1.84. The van der Waals surface area contributed by atoms with Gasteiger partial charge in [-0.25, -0.2) is 0 Å². The van der Waals surface area contributed by atoms with E-state index >= 15 is 0 Å². The lowest BCUT2D eigenvalue weighted by molar-refractivity contribution is -0.0411. The summed E-state index contributed by atoms with van der Waals surface area (Å²) in [6, 6.07) is 0. The molecule has 12 heavy (non-hydrogen) atoms. The molecule has 2 atom stereocenters. The molecule has 0 aromatic rings. The first-order chi connectivity index (χ1) is 5.37. The smallest absolute Gasteiger partial charge is 0.103 e. The molecule has 0 aromatic carbocycles. The summed E-state index contributed by atoms with van der Waals surface area (Å²) in [5, 5.41) is 18.8. The molecule has 74 valence electrons. The first-order valence-electron chi connectivity index (χ1n) is 4.22. The maximum atomic E-state index is 9.45. The van der Waals surface area contributed by atoms with Crippen molar-refractivity contribution in [3.63, 3.8) is 0 Å². The molecular weight excluding hydrogens is 156 g/mol. The highest BCUT2D eigenvalue weighted by atomic mass is 16.5. The van der Waals surface area contributed by atoms with Crippen molar-refractivity contribution in [2.75, 3.05) is 13.7 Å². The van der Waals surface area contributed by atoms with Crippen LogP contribution in [0.2, 0.25) is 0 Å². The van der Waals surface area contributed by atoms with Crippen LogP contribution in [0, 0.1) is 5.41 Å². The number of hydrogen-bond donors (Lipinski definition) is 2. The highest BCUT2D eigenvalue weighted by molar-refractivity contribution is 4.73. The zero-order valence-corrected chi connectivity index (χ0v) is 8.37. The first-order valence-corrected chi connectivity index (χ1v) is 4.22. The maximum absolute atomic E-state index is 9.45. The summed E-state index contributed by atoms with van der Waals surface area (Å²) < 4.78 is 4.73. The maximum Gasteiger partial charge on any atom is 0.103 e. The molecule has 0 aromatic heterocycles. The van der Waals surface area contributed by atoms with Crippen molar-refractivity contribution in [2.45, 2.75) is 39.4 Å². The van der Waals surface area contributed by atoms with Crippen LogP contribution in [-0.2, 0) is 4.74 Å². The van der Waals surface area contributed by atoms with Gasteiger partial charge in [0.25, 0.3) is 0 Å². The summed E-state index contributed by atoms with van der Waals surface area (Å²) in [6.07, 6.45) is -0.878. The van der Waals surface area contributed by atoms with Crippen molar-refractivity contribution in [1.82, 2.24) is 0 Å². The van der Waals surface area contributed by atoms with E-state index in [2.05, 4.69) is 0 Å². The van der Waals surface area contributed by atoms with E-state index in [0.717, 1.165) is 0 Å². The zero-order valence-electron chi connectivity index (χ0n) is 8.37. The second kappa shape index (κ2) is 4.80. The summed E-state index contributed by atoms with van der Waals surface area (Å²) >= 11 is 0. The van der Waals surface area contributed by atoms with E-state index in [1.807, 2.05) is 20.8 Å². The Morgan fingerprint density at radius 2 is 1.67 bits per heavy atom. The molecule has 2 N–H and O–H groups in total. The van der Waals surface area contributed by atoms with Crippen molar-refractivity contribution in [3.05, 3.63) is 0 Å². The van der Waals surface area contributed by atoms with Crippen LogP contribution in [0.1, 0.15) is 27.2 Å². The molecule has 0 unspecified atom stereocenters. The first kappa shape index (κ1) is 11.9. The summed E-state index contributed by atoms with van der Waals surface area (Å²) in [6.45, 7) is 6.26. The molecule has 3 heteroatoms. The Morgan fingerprint density at radius 1 is 1.17 bits per heavy atom. The van der Waals surface area contributed by atoms with Gasteiger partial charge >= 0.3 is 0 Å². The molecule has 0 heterocycles. The molecule has 0 saturated heterocycles. The van der Waals surface area contributed by atoms with Crippen molar-refractivity contribution in [3.8, 4) is 0 Å². The summed E-state index contributed by atoms with van der Waals surface area (Å²) in [7, 11) is 1.51. The van der Waals surface area contributed by atoms with Crippen molar-refractivity contribution >= 4 is 0 Å². The van der Waals surface area contributed by atoms with E-state index in [0.29, 0.717) is 6.42 Å². The van der Waals surface area contributed by atoms with E-state index in [1.54, 1.807) is 0 Å². The largest absolute Gasteiger partial charge is 0.390 e. The van der Waals surface area contributed by atoms with Crippen molar-refractivity contribution in [2.24, 2.45) is 5.41 Å². The lowest BCUT2D eigenvalue weighted by Gasteiger charge is -2.25. The minimum atomic E-state index is -0.769. The summed E-state index contributed by atoms with van der Waals surface area (Å²) in [4.78, 5) is 0. The van der Waals surface area contributed by atoms with Crippen LogP contribution in [0.15, 0.2) is 0 Å². The Bertz CT molecular complexity index is 117. The van der Waals surface area contributed by atoms with Gasteiger partial charge in [-0.15, -0.1) is 0 Å². The average molecular weight is 176 g/mol. The molecule has 0 fully saturated rings. The number of rotatable bonds is 4. The highest BCUT2D eigenvalue weighted by Gasteiger charge is 2.22. The third-order valence-corrected chi connectivity index (χ3v) is 1.60. The molecule has 0 rings (SSSR count). The van der Waals surface area contributed by atoms with Gasteiger partial charge in [-0.1, -0.05) is 20.8 Å². The molecule has 0 saturated carbocycles. The normalized spacial score (nSPS) is 17.5. The number of methoxy groups -OCH3 is 1. The number of aliphatic hydroxyl groups excluding tert-OH is 2. The van der Waals surface area contributed by atoms with Gasteiger partial charge in [-0.3, -0.25) is 0 Å². The van der Waals surface area contributed by atoms with Crippen molar-refractivity contribution in [1.29, 1.82) is 0 Å². The van der Waals surface area contributed by atoms with Crippen LogP contribution in [0.4, 0.5) is 0 Å². The molecule has 0 bridgehead atoms. The second-order valence-corrected chi connectivity index (χ2v) is 4.35. The lowest BCUT2D eigenvalue weighted by atomic mass is 9.88. The molecular formula is C9H20O3. The Labute approximate surface area is 74.4 Å². The van der Waals surface area contributed by atoms with E-state index in [9.17, 15) is 10.2 Å². The monoisotopic (exact) mass is 176 g/mol. The van der Waals surface area contributed by atoms with Gasteiger partial charge in [0.1, 0.15) is 6.10 Å². The van der Waals surface area contributed by atoms with Crippen LogP contribution in [0.5, 0.6) is 0 Å². The molecule has 0 amide bonds. The molecule has 0 aliphatic rings. The van der Waals surface area contributed by atoms with Gasteiger partial charge in [-0.2, -0.15) is 0 Å². The van der Waals surface area contributed by atoms with E-state index in [4.69, 9.17) is 4.74 Å². The quantitative estimate of drug-likeness (QED) is 0.666. The Hall–Kier alpha value is -0.120. The van der Waals surface area contributed by atoms with Gasteiger partial charge in [-0.05, 0) is 11.8 Å². The van der Waals surface area contributed by atoms with Crippen LogP contribution in [0.3, 0.4) is 0 Å². The minimum Gasteiger partial charge on any atom is -0.390 e. The number of ether oxygens (including phenoxy) is 1. The van der Waals surface area contributed by atoms with Crippen LogP contribution in [0.25, 0.3) is 0 Å². The fourth-order valence-corrected chi connectivity index (χ4v) is 1.05. The third kappa shape index (κ3) is 5.52. The SMILES string of the molecule is COC[C@@H](O)[C@H](O)CC(C)(C)C. The Kier molecular flexibility index (Phi) is 4.75. The Morgan fingerprint density at radius 3 is 2.00 bits per heavy atom. The van der Waals surface area contributed by atoms with Gasteiger partial charge in [0.2, 0.25) is 0 Å². The molecule has 3 nitrogen and oxygen atoms in total. The molecule has 0 aliphatic heterocycles. The van der Waals surface area contributed by atoms with E-state index < -0.39 is 12.2 Å². The van der Waals surface area contributed by atoms with Crippen LogP contribution >= 0.6 is 0 Å². The second-order valence-electron chi connectivity index (χ2n) is 4.35. The molecule has 0 radical (unpaired) electrons. The lowest BCUT2D eigenvalue weighted by Crippen LogP contribution is -2.33. The third-order valence-electron chi connectivity index (χ3n) is 1.60. The van der Waals surface area contributed by atoms with E-state index in [-0.39, 0.29) is 12.0 Å². The van der Waals surface area contributed by atoms with E-state index in [1.165, 1.54) is 7.11 Å². The topological polar surface area (TPSA) is 49.7 Å². The fourth-order valence-electron chi connectivity index (χ4n) is 1.05. The number of hydrogen-bond acceptors (Lipinski definition) is 3. The molecule has 0 aliphatic carbocycles. The van der Waals surface area contributed by atoms with Gasteiger partial charge in [0.15, 0.2) is 0 Å². The van der Waals surface area contributed by atoms with Gasteiger partial charge < -0.3 is 14.9 Å².